The summed E-state index contributed by atoms with van der Waals surface area (Å²) in [6, 6.07) is 1.94. The van der Waals surface area contributed by atoms with Crippen molar-refractivity contribution in [3.63, 3.8) is 0 Å². The van der Waals surface area contributed by atoms with E-state index in [9.17, 15) is 4.79 Å². The number of nitrogens with one attached hydrogen (secondary N) is 1. The van der Waals surface area contributed by atoms with Crippen LogP contribution in [0.5, 0.6) is 0 Å². The lowest BCUT2D eigenvalue weighted by molar-refractivity contribution is -0.0416. The molecule has 0 amide bonds. The zero-order valence-corrected chi connectivity index (χ0v) is 9.68. The van der Waals surface area contributed by atoms with Gasteiger partial charge in [-0.1, -0.05) is 0 Å². The number of hydrogen-bond acceptors (Lipinski definition) is 3. The Morgan fingerprint density at radius 3 is 2.81 bits per heavy atom. The standard InChI is InChI=1S/C12H14N2O2/c1-7-8(5-13)11(15)14-10-4-12(2,3)16-6-9(7)10/h4,6H2,1-3H3,(H,14,15). The van der Waals surface area contributed by atoms with E-state index in [1.54, 1.807) is 6.92 Å². The van der Waals surface area contributed by atoms with Crippen LogP contribution in [0.1, 0.15) is 36.2 Å². The second-order valence-electron chi connectivity index (χ2n) is 4.75. The molecule has 84 valence electrons. The molecule has 1 aromatic heterocycles. The van der Waals surface area contributed by atoms with Gasteiger partial charge in [0.1, 0.15) is 11.6 Å². The minimum Gasteiger partial charge on any atom is -0.370 e. The lowest BCUT2D eigenvalue weighted by atomic mass is 9.92. The largest absolute Gasteiger partial charge is 0.370 e. The van der Waals surface area contributed by atoms with E-state index in [4.69, 9.17) is 10.00 Å². The Morgan fingerprint density at radius 2 is 2.19 bits per heavy atom. The van der Waals surface area contributed by atoms with Crippen molar-refractivity contribution in [1.82, 2.24) is 4.98 Å². The quantitative estimate of drug-likeness (QED) is 0.716. The van der Waals surface area contributed by atoms with Gasteiger partial charge in [0, 0.05) is 17.7 Å². The Hall–Kier alpha value is -1.60. The van der Waals surface area contributed by atoms with Crippen LogP contribution in [0.2, 0.25) is 0 Å². The van der Waals surface area contributed by atoms with E-state index in [0.717, 1.165) is 16.8 Å². The number of ether oxygens (including phenoxy) is 1. The van der Waals surface area contributed by atoms with Gasteiger partial charge in [-0.3, -0.25) is 4.79 Å². The fourth-order valence-corrected chi connectivity index (χ4v) is 2.05. The molecule has 4 nitrogen and oxygen atoms in total. The molecule has 0 aromatic carbocycles. The normalized spacial score (nSPS) is 17.6. The molecule has 0 radical (unpaired) electrons. The zero-order chi connectivity index (χ0) is 11.9. The maximum atomic E-state index is 11.6. The van der Waals surface area contributed by atoms with Crippen LogP contribution < -0.4 is 5.56 Å². The second-order valence-corrected chi connectivity index (χ2v) is 4.75. The van der Waals surface area contributed by atoms with Crippen LogP contribution in [0.4, 0.5) is 0 Å². The molecular formula is C12H14N2O2. The van der Waals surface area contributed by atoms with Gasteiger partial charge in [-0.2, -0.15) is 5.26 Å². The number of nitriles is 1. The third-order valence-corrected chi connectivity index (χ3v) is 3.00. The molecule has 0 saturated heterocycles. The van der Waals surface area contributed by atoms with Gasteiger partial charge in [0.15, 0.2) is 0 Å². The molecular weight excluding hydrogens is 204 g/mol. The Labute approximate surface area is 93.9 Å². The van der Waals surface area contributed by atoms with Crippen molar-refractivity contribution >= 4 is 0 Å². The van der Waals surface area contributed by atoms with Crippen molar-refractivity contribution < 1.29 is 4.74 Å². The number of fused-ring (bicyclic) bond motifs is 1. The van der Waals surface area contributed by atoms with Gasteiger partial charge >= 0.3 is 0 Å². The van der Waals surface area contributed by atoms with E-state index >= 15 is 0 Å². The molecule has 1 N–H and O–H groups in total. The van der Waals surface area contributed by atoms with E-state index < -0.39 is 0 Å². The number of nitrogens with zero attached hydrogens (tertiary/aromatic N) is 1. The van der Waals surface area contributed by atoms with Gasteiger partial charge < -0.3 is 9.72 Å². The van der Waals surface area contributed by atoms with E-state index in [2.05, 4.69) is 4.98 Å². The molecule has 0 atom stereocenters. The molecule has 0 aliphatic carbocycles. The minimum absolute atomic E-state index is 0.196. The number of H-pyrrole nitrogens is 1. The molecule has 0 spiro atoms. The summed E-state index contributed by atoms with van der Waals surface area (Å²) in [4.78, 5) is 14.4. The summed E-state index contributed by atoms with van der Waals surface area (Å²) < 4.78 is 5.68. The van der Waals surface area contributed by atoms with Gasteiger partial charge in [-0.25, -0.2) is 0 Å². The van der Waals surface area contributed by atoms with Gasteiger partial charge in [0.2, 0.25) is 0 Å². The van der Waals surface area contributed by atoms with Crippen molar-refractivity contribution in [2.75, 3.05) is 0 Å². The summed E-state index contributed by atoms with van der Waals surface area (Å²) in [5.74, 6) is 0. The van der Waals surface area contributed by atoms with Crippen molar-refractivity contribution in [2.24, 2.45) is 0 Å². The summed E-state index contributed by atoms with van der Waals surface area (Å²) in [5, 5.41) is 8.89. The molecule has 0 saturated carbocycles. The average molecular weight is 218 g/mol. The van der Waals surface area contributed by atoms with Crippen LogP contribution in [0, 0.1) is 18.3 Å². The van der Waals surface area contributed by atoms with Gasteiger partial charge in [0.05, 0.1) is 12.2 Å². The monoisotopic (exact) mass is 218 g/mol. The number of aromatic nitrogens is 1. The van der Waals surface area contributed by atoms with Gasteiger partial charge in [-0.05, 0) is 26.3 Å². The Kier molecular flexibility index (Phi) is 2.36. The summed E-state index contributed by atoms with van der Waals surface area (Å²) >= 11 is 0. The molecule has 0 unspecified atom stereocenters. The van der Waals surface area contributed by atoms with Crippen molar-refractivity contribution in [3.05, 3.63) is 32.7 Å². The number of rotatable bonds is 0. The van der Waals surface area contributed by atoms with E-state index in [-0.39, 0.29) is 16.7 Å². The summed E-state index contributed by atoms with van der Waals surface area (Å²) in [7, 11) is 0. The predicted octanol–water partition coefficient (Wildman–Crippen LogP) is 1.41. The van der Waals surface area contributed by atoms with E-state index in [1.807, 2.05) is 19.9 Å². The third kappa shape index (κ3) is 1.63. The number of hydrogen-bond donors (Lipinski definition) is 1. The van der Waals surface area contributed by atoms with Crippen molar-refractivity contribution in [3.8, 4) is 6.07 Å². The maximum absolute atomic E-state index is 11.6. The topological polar surface area (TPSA) is 65.9 Å². The highest BCUT2D eigenvalue weighted by Crippen LogP contribution is 2.28. The van der Waals surface area contributed by atoms with E-state index in [0.29, 0.717) is 13.0 Å². The fourth-order valence-electron chi connectivity index (χ4n) is 2.05. The molecule has 16 heavy (non-hydrogen) atoms. The van der Waals surface area contributed by atoms with Crippen molar-refractivity contribution in [1.29, 1.82) is 5.26 Å². The highest BCUT2D eigenvalue weighted by Gasteiger charge is 2.28. The lowest BCUT2D eigenvalue weighted by Crippen LogP contribution is -2.35. The van der Waals surface area contributed by atoms with Crippen molar-refractivity contribution in [2.45, 2.75) is 39.4 Å². The maximum Gasteiger partial charge on any atom is 0.266 e. The first-order chi connectivity index (χ1) is 7.44. The van der Waals surface area contributed by atoms with Gasteiger partial charge in [-0.15, -0.1) is 0 Å². The Balaban J connectivity index is 2.63. The molecule has 2 heterocycles. The smallest absolute Gasteiger partial charge is 0.266 e. The molecule has 1 aromatic rings. The first kappa shape index (κ1) is 10.9. The second kappa shape index (κ2) is 3.46. The number of pyridine rings is 1. The summed E-state index contributed by atoms with van der Waals surface area (Å²) in [6.07, 6.45) is 0.671. The summed E-state index contributed by atoms with van der Waals surface area (Å²) in [6.45, 7) is 6.23. The highest BCUT2D eigenvalue weighted by atomic mass is 16.5. The number of aromatic amines is 1. The molecule has 0 fully saturated rings. The first-order valence-electron chi connectivity index (χ1n) is 5.23. The minimum atomic E-state index is -0.295. The summed E-state index contributed by atoms with van der Waals surface area (Å²) in [5.41, 5.74) is 2.25. The Bertz CT molecular complexity index is 535. The van der Waals surface area contributed by atoms with Gasteiger partial charge in [0.25, 0.3) is 5.56 Å². The third-order valence-electron chi connectivity index (χ3n) is 3.00. The SMILES string of the molecule is Cc1c2c([nH]c(=O)c1C#N)CC(C)(C)OC2. The van der Waals surface area contributed by atoms with Crippen LogP contribution in [0.15, 0.2) is 4.79 Å². The van der Waals surface area contributed by atoms with Crippen LogP contribution >= 0.6 is 0 Å². The highest BCUT2D eigenvalue weighted by molar-refractivity contribution is 5.43. The van der Waals surface area contributed by atoms with Crippen LogP contribution in [-0.4, -0.2) is 10.6 Å². The molecule has 2 rings (SSSR count). The lowest BCUT2D eigenvalue weighted by Gasteiger charge is -2.32. The zero-order valence-electron chi connectivity index (χ0n) is 9.68. The molecule has 0 bridgehead atoms. The molecule has 1 aliphatic heterocycles. The van der Waals surface area contributed by atoms with Crippen LogP contribution in [-0.2, 0) is 17.8 Å². The Morgan fingerprint density at radius 1 is 1.50 bits per heavy atom. The molecule has 4 heteroatoms. The average Bonchev–Trinajstić information content (AvgIpc) is 2.16. The van der Waals surface area contributed by atoms with Crippen LogP contribution in [0.3, 0.4) is 0 Å². The van der Waals surface area contributed by atoms with Crippen LogP contribution in [0.25, 0.3) is 0 Å². The predicted molar refractivity (Wildman–Crippen MR) is 59.1 cm³/mol. The van der Waals surface area contributed by atoms with E-state index in [1.165, 1.54) is 0 Å². The fraction of sp³-hybridized carbons (Fsp3) is 0.500. The molecule has 1 aliphatic rings. The first-order valence-corrected chi connectivity index (χ1v) is 5.23.